The molecule has 1 aliphatic heterocycles. The SMILES string of the molecule is CC(C)N[C@]1(C)CCCN(C)C(=O)OCC=CCOC(=O)N(C)CC[C@@](C)(C(=O)C(C)C)NCC1=O. The number of rotatable bonds is 4. The van der Waals surface area contributed by atoms with Gasteiger partial charge in [0.15, 0.2) is 11.6 Å². The van der Waals surface area contributed by atoms with Crippen LogP contribution in [0.1, 0.15) is 60.8 Å². The predicted octanol–water partition coefficient (Wildman–Crippen LogP) is 2.76. The van der Waals surface area contributed by atoms with E-state index in [-0.39, 0.29) is 49.8 Å². The molecule has 0 saturated heterocycles. The summed E-state index contributed by atoms with van der Waals surface area (Å²) in [4.78, 5) is 54.0. The Labute approximate surface area is 216 Å². The van der Waals surface area contributed by atoms with E-state index in [0.29, 0.717) is 25.8 Å². The summed E-state index contributed by atoms with van der Waals surface area (Å²) in [6, 6.07) is 0.0577. The van der Waals surface area contributed by atoms with Gasteiger partial charge >= 0.3 is 12.2 Å². The third-order valence-electron chi connectivity index (χ3n) is 6.44. The van der Waals surface area contributed by atoms with Crippen LogP contribution in [0.25, 0.3) is 0 Å². The van der Waals surface area contributed by atoms with E-state index in [4.69, 9.17) is 9.47 Å². The lowest BCUT2D eigenvalue weighted by molar-refractivity contribution is -0.129. The maximum atomic E-state index is 13.5. The Balaban J connectivity index is 3.18. The summed E-state index contributed by atoms with van der Waals surface area (Å²) < 4.78 is 10.4. The Morgan fingerprint density at radius 3 is 1.97 bits per heavy atom. The molecule has 206 valence electrons. The maximum absolute atomic E-state index is 13.5. The van der Waals surface area contributed by atoms with Crippen LogP contribution in [-0.4, -0.2) is 97.6 Å². The third-order valence-corrected chi connectivity index (χ3v) is 6.44. The second kappa shape index (κ2) is 14.3. The highest BCUT2D eigenvalue weighted by Crippen LogP contribution is 2.20. The van der Waals surface area contributed by atoms with Crippen molar-refractivity contribution in [3.05, 3.63) is 12.2 Å². The fraction of sp³-hybridized carbons (Fsp3) is 0.769. The Morgan fingerprint density at radius 2 is 1.47 bits per heavy atom. The first-order valence-electron chi connectivity index (χ1n) is 12.7. The zero-order chi connectivity index (χ0) is 27.5. The average molecular weight is 511 g/mol. The first-order chi connectivity index (χ1) is 16.7. The van der Waals surface area contributed by atoms with Gasteiger partial charge < -0.3 is 24.6 Å². The molecule has 1 heterocycles. The molecule has 10 nitrogen and oxygen atoms in total. The van der Waals surface area contributed by atoms with Crippen LogP contribution in [-0.2, 0) is 19.1 Å². The lowest BCUT2D eigenvalue weighted by Gasteiger charge is -2.36. The van der Waals surface area contributed by atoms with Crippen molar-refractivity contribution in [3.8, 4) is 0 Å². The van der Waals surface area contributed by atoms with Crippen molar-refractivity contribution in [3.63, 3.8) is 0 Å². The van der Waals surface area contributed by atoms with Gasteiger partial charge in [-0.1, -0.05) is 13.8 Å². The predicted molar refractivity (Wildman–Crippen MR) is 139 cm³/mol. The fourth-order valence-corrected chi connectivity index (χ4v) is 4.17. The van der Waals surface area contributed by atoms with Gasteiger partial charge in [0.1, 0.15) is 13.2 Å². The monoisotopic (exact) mass is 510 g/mol. The van der Waals surface area contributed by atoms with Crippen LogP contribution in [0.2, 0.25) is 0 Å². The number of carbonyl (C=O) groups excluding carboxylic acids is 4. The minimum Gasteiger partial charge on any atom is -0.445 e. The number of carbonyl (C=O) groups is 4. The van der Waals surface area contributed by atoms with Crippen molar-refractivity contribution < 1.29 is 28.7 Å². The van der Waals surface area contributed by atoms with Crippen molar-refractivity contribution in [1.82, 2.24) is 20.4 Å². The van der Waals surface area contributed by atoms with E-state index in [9.17, 15) is 19.2 Å². The molecule has 0 unspecified atom stereocenters. The highest BCUT2D eigenvalue weighted by molar-refractivity contribution is 5.93. The number of ketones is 2. The molecule has 0 bridgehead atoms. The van der Waals surface area contributed by atoms with Crippen LogP contribution in [0.5, 0.6) is 0 Å². The molecular weight excluding hydrogens is 464 g/mol. The van der Waals surface area contributed by atoms with Crippen LogP contribution in [0.4, 0.5) is 9.59 Å². The van der Waals surface area contributed by atoms with Crippen LogP contribution in [0, 0.1) is 5.92 Å². The van der Waals surface area contributed by atoms with E-state index in [2.05, 4.69) is 10.6 Å². The summed E-state index contributed by atoms with van der Waals surface area (Å²) in [5.74, 6) is -0.349. The lowest BCUT2D eigenvalue weighted by atomic mass is 9.84. The quantitative estimate of drug-likeness (QED) is 0.555. The van der Waals surface area contributed by atoms with Crippen molar-refractivity contribution in [2.24, 2.45) is 5.92 Å². The van der Waals surface area contributed by atoms with Gasteiger partial charge in [0.05, 0.1) is 17.6 Å². The minimum absolute atomic E-state index is 0.0119. The van der Waals surface area contributed by atoms with Crippen molar-refractivity contribution in [2.45, 2.75) is 77.9 Å². The number of Topliss-reactive ketones (excluding diaryl/α,β-unsaturated/α-hetero) is 2. The molecule has 0 aromatic rings. The second-order valence-electron chi connectivity index (χ2n) is 10.6. The van der Waals surface area contributed by atoms with Gasteiger partial charge in [-0.05, 0) is 59.1 Å². The fourth-order valence-electron chi connectivity index (χ4n) is 4.17. The maximum Gasteiger partial charge on any atom is 0.409 e. The summed E-state index contributed by atoms with van der Waals surface area (Å²) in [6.07, 6.45) is 3.64. The van der Waals surface area contributed by atoms with Gasteiger partial charge in [0, 0.05) is 39.1 Å². The highest BCUT2D eigenvalue weighted by Gasteiger charge is 2.38. The Bertz CT molecular complexity index is 799. The van der Waals surface area contributed by atoms with Gasteiger partial charge in [0.2, 0.25) is 0 Å². The van der Waals surface area contributed by atoms with E-state index >= 15 is 0 Å². The smallest absolute Gasteiger partial charge is 0.409 e. The first kappa shape index (κ1) is 31.6. The molecule has 2 amide bonds. The topological polar surface area (TPSA) is 117 Å². The molecule has 0 radical (unpaired) electrons. The molecule has 2 N–H and O–H groups in total. The molecular formula is C26H46N4O6. The largest absolute Gasteiger partial charge is 0.445 e. The number of amides is 2. The molecule has 0 aromatic heterocycles. The summed E-state index contributed by atoms with van der Waals surface area (Å²) in [5.41, 5.74) is -1.85. The van der Waals surface area contributed by atoms with Gasteiger partial charge in [-0.25, -0.2) is 9.59 Å². The second-order valence-corrected chi connectivity index (χ2v) is 10.6. The molecule has 10 heteroatoms. The Hall–Kier alpha value is -2.46. The van der Waals surface area contributed by atoms with Crippen LogP contribution < -0.4 is 10.6 Å². The van der Waals surface area contributed by atoms with Crippen LogP contribution in [0.3, 0.4) is 0 Å². The van der Waals surface area contributed by atoms with E-state index in [1.165, 1.54) is 9.80 Å². The number of ether oxygens (including phenoxy) is 2. The number of hydrogen-bond donors (Lipinski definition) is 2. The summed E-state index contributed by atoms with van der Waals surface area (Å²) >= 11 is 0. The molecule has 36 heavy (non-hydrogen) atoms. The van der Waals surface area contributed by atoms with Gasteiger partial charge in [-0.3, -0.25) is 14.9 Å². The molecule has 0 saturated carbocycles. The molecule has 2 atom stereocenters. The van der Waals surface area contributed by atoms with Crippen LogP contribution >= 0.6 is 0 Å². The van der Waals surface area contributed by atoms with Crippen molar-refractivity contribution >= 4 is 23.8 Å². The van der Waals surface area contributed by atoms with Crippen molar-refractivity contribution in [1.29, 1.82) is 0 Å². The number of hydrogen-bond acceptors (Lipinski definition) is 8. The van der Waals surface area contributed by atoms with E-state index in [0.717, 1.165) is 0 Å². The first-order valence-corrected chi connectivity index (χ1v) is 12.7. The normalized spacial score (nSPS) is 26.7. The molecule has 0 aromatic carbocycles. The summed E-state index contributed by atoms with van der Waals surface area (Å²) in [7, 11) is 3.25. The number of nitrogens with one attached hydrogen (secondary N) is 2. The van der Waals surface area contributed by atoms with E-state index < -0.39 is 23.3 Å². The third kappa shape index (κ3) is 9.89. The molecule has 1 rings (SSSR count). The Morgan fingerprint density at radius 1 is 0.944 bits per heavy atom. The van der Waals surface area contributed by atoms with Crippen LogP contribution in [0.15, 0.2) is 12.2 Å². The molecule has 0 aliphatic carbocycles. The van der Waals surface area contributed by atoms with Crippen molar-refractivity contribution in [2.75, 3.05) is 46.9 Å². The van der Waals surface area contributed by atoms with E-state index in [1.54, 1.807) is 33.2 Å². The summed E-state index contributed by atoms with van der Waals surface area (Å²) in [5, 5.41) is 6.59. The number of nitrogens with zero attached hydrogens (tertiary/aromatic N) is 2. The minimum atomic E-state index is -0.998. The van der Waals surface area contributed by atoms with E-state index in [1.807, 2.05) is 34.6 Å². The molecule has 0 fully saturated rings. The lowest BCUT2D eigenvalue weighted by Crippen LogP contribution is -2.59. The zero-order valence-electron chi connectivity index (χ0n) is 23.3. The standard InChI is InChI=1S/C26H46N4O6/c1-19(2)22(32)26(6)13-15-30(8)24(34)36-17-10-9-16-35-23(33)29(7)14-11-12-25(5,28-20(3)4)21(31)18-27-26/h9-10,19-20,27-28H,11-18H2,1-8H3/t25-,26+/m1/s1. The average Bonchev–Trinajstić information content (AvgIpc) is 2.80. The zero-order valence-corrected chi connectivity index (χ0v) is 23.3. The highest BCUT2D eigenvalue weighted by atomic mass is 16.6. The molecule has 1 aliphatic rings. The van der Waals surface area contributed by atoms with Gasteiger partial charge in [-0.2, -0.15) is 0 Å². The summed E-state index contributed by atoms with van der Waals surface area (Å²) in [6.45, 7) is 12.0. The molecule has 0 spiro atoms. The van der Waals surface area contributed by atoms with Gasteiger partial charge in [-0.15, -0.1) is 0 Å². The Kier molecular flexibility index (Phi) is 12.6. The van der Waals surface area contributed by atoms with Gasteiger partial charge in [0.25, 0.3) is 0 Å². The number of cyclic esters (lactones) is 2.